The molecule has 0 saturated carbocycles. The van der Waals surface area contributed by atoms with Crippen molar-refractivity contribution in [3.05, 3.63) is 108 Å². The van der Waals surface area contributed by atoms with E-state index in [1.54, 1.807) is 11.8 Å². The lowest BCUT2D eigenvalue weighted by molar-refractivity contribution is -0.133. The van der Waals surface area contributed by atoms with Crippen LogP contribution in [0.25, 0.3) is 0 Å². The van der Waals surface area contributed by atoms with Crippen LogP contribution < -0.4 is 0 Å². The number of carbonyl (C=O) groups is 1. The van der Waals surface area contributed by atoms with Crippen molar-refractivity contribution >= 4 is 34.2 Å². The van der Waals surface area contributed by atoms with Crippen LogP contribution in [0.3, 0.4) is 0 Å². The molecule has 0 radical (unpaired) electrons. The zero-order valence-corrected chi connectivity index (χ0v) is 20.4. The Morgan fingerprint density at radius 1 is 0.844 bits per heavy atom. The van der Waals surface area contributed by atoms with E-state index in [9.17, 15) is 4.79 Å². The molecule has 4 rings (SSSR count). The molecule has 1 aliphatic rings. The van der Waals surface area contributed by atoms with Crippen molar-refractivity contribution < 1.29 is 4.79 Å². The largest absolute Gasteiger partial charge is 0.293 e. The highest BCUT2D eigenvalue weighted by molar-refractivity contribution is 8.23. The molecule has 0 unspecified atom stereocenters. The summed E-state index contributed by atoms with van der Waals surface area (Å²) in [5, 5.41) is 0. The Bertz CT molecular complexity index is 970. The second-order valence-corrected chi connectivity index (χ2v) is 10.4. The van der Waals surface area contributed by atoms with Gasteiger partial charge in [-0.3, -0.25) is 9.69 Å². The van der Waals surface area contributed by atoms with Crippen LogP contribution in [0.1, 0.15) is 37.5 Å². The van der Waals surface area contributed by atoms with Gasteiger partial charge in [-0.15, -0.1) is 0 Å². The van der Waals surface area contributed by atoms with E-state index in [-0.39, 0.29) is 17.9 Å². The molecule has 1 heterocycles. The molecule has 2 atom stereocenters. The van der Waals surface area contributed by atoms with E-state index in [0.717, 1.165) is 22.4 Å². The molecule has 0 bridgehead atoms. The fraction of sp³-hybridized carbons (Fsp3) is 0.286. The average Bonchev–Trinajstić information content (AvgIpc) is 3.23. The van der Waals surface area contributed by atoms with Crippen molar-refractivity contribution in [3.8, 4) is 0 Å². The van der Waals surface area contributed by atoms with Crippen molar-refractivity contribution in [2.45, 2.75) is 32.2 Å². The fourth-order valence-corrected chi connectivity index (χ4v) is 6.57. The highest BCUT2D eigenvalue weighted by Crippen LogP contribution is 2.47. The number of thiocarbonyl (C=S) groups is 1. The number of amides is 1. The van der Waals surface area contributed by atoms with Crippen LogP contribution in [-0.4, -0.2) is 26.9 Å². The van der Waals surface area contributed by atoms with Crippen molar-refractivity contribution in [1.29, 1.82) is 0 Å². The Kier molecular flexibility index (Phi) is 6.82. The molecule has 2 nitrogen and oxygen atoms in total. The van der Waals surface area contributed by atoms with Gasteiger partial charge in [-0.05, 0) is 22.6 Å². The molecule has 1 amide bonds. The molecule has 4 heteroatoms. The third-order valence-corrected chi connectivity index (χ3v) is 8.12. The highest BCUT2D eigenvalue weighted by Gasteiger charge is 2.48. The number of carbonyl (C=O) groups excluding carboxylic acids is 1. The number of hydrogen-bond acceptors (Lipinski definition) is 3. The van der Waals surface area contributed by atoms with Crippen LogP contribution in [0, 0.1) is 11.8 Å². The van der Waals surface area contributed by atoms with E-state index in [0.29, 0.717) is 10.2 Å². The first-order valence-corrected chi connectivity index (χ1v) is 12.5. The van der Waals surface area contributed by atoms with Crippen LogP contribution >= 0.6 is 24.0 Å². The molecule has 0 aliphatic carbocycles. The summed E-state index contributed by atoms with van der Waals surface area (Å²) in [4.78, 5) is 16.2. The number of nitrogens with zero attached hydrogens (tertiary/aromatic N) is 1. The summed E-state index contributed by atoms with van der Waals surface area (Å²) in [6.45, 7) is 6.41. The van der Waals surface area contributed by atoms with Gasteiger partial charge in [-0.1, -0.05) is 136 Å². The van der Waals surface area contributed by atoms with Gasteiger partial charge in [-0.25, -0.2) is 0 Å². The molecule has 1 fully saturated rings. The van der Waals surface area contributed by atoms with Crippen molar-refractivity contribution in [3.63, 3.8) is 0 Å². The lowest BCUT2D eigenvalue weighted by Crippen LogP contribution is -2.50. The van der Waals surface area contributed by atoms with E-state index >= 15 is 0 Å². The summed E-state index contributed by atoms with van der Waals surface area (Å²) in [5.41, 5.74) is 2.69. The predicted octanol–water partition coefficient (Wildman–Crippen LogP) is 6.54. The fourth-order valence-electron chi connectivity index (χ4n) is 4.93. The third-order valence-electron chi connectivity index (χ3n) is 6.62. The van der Waals surface area contributed by atoms with Crippen molar-refractivity contribution in [2.75, 3.05) is 5.75 Å². The zero-order valence-electron chi connectivity index (χ0n) is 18.8. The minimum atomic E-state index is -0.634. The lowest BCUT2D eigenvalue weighted by Gasteiger charge is -2.42. The first-order chi connectivity index (χ1) is 15.5. The highest BCUT2D eigenvalue weighted by atomic mass is 32.2. The number of thioether (sulfide) groups is 1. The van der Waals surface area contributed by atoms with Gasteiger partial charge in [0.15, 0.2) is 0 Å². The quantitative estimate of drug-likeness (QED) is 0.308. The van der Waals surface area contributed by atoms with Crippen LogP contribution in [0.2, 0.25) is 0 Å². The normalized spacial score (nSPS) is 17.6. The Hall–Kier alpha value is -2.43. The van der Waals surface area contributed by atoms with Gasteiger partial charge < -0.3 is 0 Å². The zero-order chi connectivity index (χ0) is 22.7. The molecule has 32 heavy (non-hydrogen) atoms. The van der Waals surface area contributed by atoms with E-state index in [1.165, 1.54) is 0 Å². The number of rotatable bonds is 6. The molecule has 1 saturated heterocycles. The van der Waals surface area contributed by atoms with E-state index in [1.807, 2.05) is 23.1 Å². The van der Waals surface area contributed by atoms with E-state index in [2.05, 4.69) is 93.6 Å². The SMILES string of the molecule is CC(C)[C@H]1CSC(=S)N1C(=O)[C@H](C)C(c1ccccc1)(c1ccccc1)c1ccccc1. The molecule has 3 aromatic rings. The maximum absolute atomic E-state index is 14.3. The predicted molar refractivity (Wildman–Crippen MR) is 139 cm³/mol. The Labute approximate surface area is 201 Å². The Balaban J connectivity index is 1.95. The summed E-state index contributed by atoms with van der Waals surface area (Å²) in [6.07, 6.45) is 0. The molecule has 1 aliphatic heterocycles. The molecule has 0 spiro atoms. The van der Waals surface area contributed by atoms with Gasteiger partial charge in [0.25, 0.3) is 0 Å². The maximum Gasteiger partial charge on any atom is 0.232 e. The summed E-state index contributed by atoms with van der Waals surface area (Å²) in [7, 11) is 0. The Morgan fingerprint density at radius 2 is 1.25 bits per heavy atom. The number of hydrogen-bond donors (Lipinski definition) is 0. The molecular formula is C28H29NOS2. The van der Waals surface area contributed by atoms with Crippen LogP contribution in [0.4, 0.5) is 0 Å². The minimum absolute atomic E-state index is 0.0928. The summed E-state index contributed by atoms with van der Waals surface area (Å²) >= 11 is 7.30. The van der Waals surface area contributed by atoms with Gasteiger partial charge in [0.2, 0.25) is 5.91 Å². The second-order valence-electron chi connectivity index (χ2n) is 8.72. The molecule has 164 valence electrons. The summed E-state index contributed by atoms with van der Waals surface area (Å²) < 4.78 is 0.698. The molecular weight excluding hydrogens is 430 g/mol. The van der Waals surface area contributed by atoms with Gasteiger partial charge in [-0.2, -0.15) is 0 Å². The summed E-state index contributed by atoms with van der Waals surface area (Å²) in [6, 6.07) is 31.4. The third kappa shape index (κ3) is 3.91. The van der Waals surface area contributed by atoms with Gasteiger partial charge in [0, 0.05) is 11.8 Å². The monoisotopic (exact) mass is 459 g/mol. The first kappa shape index (κ1) is 22.8. The van der Waals surface area contributed by atoms with Crippen LogP contribution in [-0.2, 0) is 10.2 Å². The second kappa shape index (κ2) is 9.60. The summed E-state index contributed by atoms with van der Waals surface area (Å²) in [5.74, 6) is 0.950. The Morgan fingerprint density at radius 3 is 1.62 bits per heavy atom. The molecule has 0 aromatic heterocycles. The smallest absolute Gasteiger partial charge is 0.232 e. The van der Waals surface area contributed by atoms with Crippen LogP contribution in [0.5, 0.6) is 0 Å². The average molecular weight is 460 g/mol. The topological polar surface area (TPSA) is 20.3 Å². The minimum Gasteiger partial charge on any atom is -0.293 e. The van der Waals surface area contributed by atoms with E-state index < -0.39 is 5.41 Å². The molecule has 3 aromatic carbocycles. The van der Waals surface area contributed by atoms with Gasteiger partial charge in [0.1, 0.15) is 4.32 Å². The van der Waals surface area contributed by atoms with Crippen molar-refractivity contribution in [1.82, 2.24) is 4.90 Å². The van der Waals surface area contributed by atoms with Gasteiger partial charge >= 0.3 is 0 Å². The lowest BCUT2D eigenvalue weighted by atomic mass is 9.62. The standard InChI is InChI=1S/C28H29NOS2/c1-20(2)25-19-32-27(31)29(25)26(30)21(3)28(22-13-7-4-8-14-22,23-15-9-5-10-16-23)24-17-11-6-12-18-24/h4-18,20-21,25H,19H2,1-3H3/t21-,25+/m0/s1. The van der Waals surface area contributed by atoms with Crippen LogP contribution in [0.15, 0.2) is 91.0 Å². The first-order valence-electron chi connectivity index (χ1n) is 11.1. The number of benzene rings is 3. The maximum atomic E-state index is 14.3. The van der Waals surface area contributed by atoms with E-state index in [4.69, 9.17) is 12.2 Å². The molecule has 0 N–H and O–H groups in total. The van der Waals surface area contributed by atoms with Crippen molar-refractivity contribution in [2.24, 2.45) is 11.8 Å². The van der Waals surface area contributed by atoms with Gasteiger partial charge in [0.05, 0.1) is 11.3 Å².